The molecule has 0 aliphatic heterocycles. The van der Waals surface area contributed by atoms with Gasteiger partial charge in [-0.15, -0.1) is 11.3 Å². The lowest BCUT2D eigenvalue weighted by Crippen LogP contribution is -2.00. The maximum Gasteiger partial charge on any atom is 0.195 e. The lowest BCUT2D eigenvalue weighted by molar-refractivity contribution is 0.629. The molecule has 2 aromatic heterocycles. The molecule has 0 saturated heterocycles. The number of aromatic nitrogens is 4. The Balaban J connectivity index is 2.38. The van der Waals surface area contributed by atoms with Crippen LogP contribution in [-0.2, 0) is 13.0 Å². The molecule has 4 nitrogen and oxygen atoms in total. The number of hydrogen-bond acceptors (Lipinski definition) is 4. The summed E-state index contributed by atoms with van der Waals surface area (Å²) >= 11 is 7.05. The van der Waals surface area contributed by atoms with Gasteiger partial charge in [-0.05, 0) is 38.4 Å². The van der Waals surface area contributed by atoms with Gasteiger partial charge in [0.25, 0.3) is 0 Å². The molecule has 0 saturated carbocycles. The summed E-state index contributed by atoms with van der Waals surface area (Å²) < 4.78 is 2.79. The molecular weight excluding hydrogens is 276 g/mol. The van der Waals surface area contributed by atoms with E-state index in [0.717, 1.165) is 48.6 Å². The van der Waals surface area contributed by atoms with Crippen molar-refractivity contribution in [2.24, 2.45) is 0 Å². The zero-order valence-electron chi connectivity index (χ0n) is 11.7. The third-order valence-corrected chi connectivity index (χ3v) is 4.53. The molecule has 6 heteroatoms. The SMILES string of the molecule is CCCCn1c(-c2sc(CCC)nc2C)n[nH]c1=S. The number of rotatable bonds is 6. The summed E-state index contributed by atoms with van der Waals surface area (Å²) in [6, 6.07) is 0. The molecule has 19 heavy (non-hydrogen) atoms. The molecule has 0 aromatic carbocycles. The van der Waals surface area contributed by atoms with Gasteiger partial charge in [0.15, 0.2) is 10.6 Å². The van der Waals surface area contributed by atoms with Gasteiger partial charge in [0.1, 0.15) is 0 Å². The number of hydrogen-bond donors (Lipinski definition) is 1. The van der Waals surface area contributed by atoms with Crippen LogP contribution in [-0.4, -0.2) is 19.7 Å². The minimum absolute atomic E-state index is 0.702. The molecule has 2 aromatic rings. The van der Waals surface area contributed by atoms with Gasteiger partial charge >= 0.3 is 0 Å². The van der Waals surface area contributed by atoms with Gasteiger partial charge in [-0.1, -0.05) is 20.3 Å². The standard InChI is InChI=1S/C13H20N4S2/c1-4-6-8-17-12(15-16-13(17)18)11-9(3)14-10(19-11)7-5-2/h4-8H2,1-3H3,(H,16,18). The lowest BCUT2D eigenvalue weighted by Gasteiger charge is -2.04. The van der Waals surface area contributed by atoms with Crippen LogP contribution < -0.4 is 0 Å². The van der Waals surface area contributed by atoms with Crippen LogP contribution in [0.4, 0.5) is 0 Å². The first-order chi connectivity index (χ1) is 9.17. The first-order valence-electron chi connectivity index (χ1n) is 6.79. The normalized spacial score (nSPS) is 11.1. The molecule has 0 fully saturated rings. The van der Waals surface area contributed by atoms with Crippen molar-refractivity contribution >= 4 is 23.6 Å². The predicted octanol–water partition coefficient (Wildman–Crippen LogP) is 4.13. The maximum atomic E-state index is 5.32. The lowest BCUT2D eigenvalue weighted by atomic mass is 10.3. The zero-order chi connectivity index (χ0) is 13.8. The fourth-order valence-corrected chi connectivity index (χ4v) is 3.38. The quantitative estimate of drug-likeness (QED) is 0.815. The predicted molar refractivity (Wildman–Crippen MR) is 82.2 cm³/mol. The van der Waals surface area contributed by atoms with Crippen LogP contribution in [0.3, 0.4) is 0 Å². The molecule has 2 heterocycles. The Bertz CT molecular complexity index is 594. The second kappa shape index (κ2) is 6.43. The molecule has 0 atom stereocenters. The van der Waals surface area contributed by atoms with Gasteiger partial charge in [-0.3, -0.25) is 9.67 Å². The third kappa shape index (κ3) is 3.12. The van der Waals surface area contributed by atoms with Gasteiger partial charge in [-0.2, -0.15) is 5.10 Å². The highest BCUT2D eigenvalue weighted by Crippen LogP contribution is 2.29. The largest absolute Gasteiger partial charge is 0.299 e. The molecule has 0 aliphatic rings. The molecule has 104 valence electrons. The average Bonchev–Trinajstić information content (AvgIpc) is 2.91. The molecule has 0 amide bonds. The number of unbranched alkanes of at least 4 members (excludes halogenated alkanes) is 1. The van der Waals surface area contributed by atoms with Gasteiger partial charge in [0.2, 0.25) is 0 Å². The highest BCUT2D eigenvalue weighted by atomic mass is 32.1. The van der Waals surface area contributed by atoms with Crippen molar-refractivity contribution in [3.8, 4) is 10.7 Å². The number of aryl methyl sites for hydroxylation is 2. The summed E-state index contributed by atoms with van der Waals surface area (Å²) in [6.45, 7) is 7.32. The first kappa shape index (κ1) is 14.4. The van der Waals surface area contributed by atoms with E-state index in [4.69, 9.17) is 12.2 Å². The number of nitrogens with zero attached hydrogens (tertiary/aromatic N) is 3. The monoisotopic (exact) mass is 296 g/mol. The fourth-order valence-electron chi connectivity index (χ4n) is 2.00. The van der Waals surface area contributed by atoms with Crippen molar-refractivity contribution in [2.75, 3.05) is 0 Å². The summed E-state index contributed by atoms with van der Waals surface area (Å²) in [5.74, 6) is 0.941. The Morgan fingerprint density at radius 2 is 2.11 bits per heavy atom. The summed E-state index contributed by atoms with van der Waals surface area (Å²) in [5, 5.41) is 8.48. The molecule has 0 aliphatic carbocycles. The van der Waals surface area contributed by atoms with Gasteiger partial charge in [0, 0.05) is 6.54 Å². The van der Waals surface area contributed by atoms with Crippen LogP contribution >= 0.6 is 23.6 Å². The number of aromatic amines is 1. The average molecular weight is 296 g/mol. The van der Waals surface area contributed by atoms with E-state index < -0.39 is 0 Å². The zero-order valence-corrected chi connectivity index (χ0v) is 13.3. The molecule has 1 N–H and O–H groups in total. The highest BCUT2D eigenvalue weighted by molar-refractivity contribution is 7.71. The Morgan fingerprint density at radius 3 is 2.79 bits per heavy atom. The van der Waals surface area contributed by atoms with E-state index in [0.29, 0.717) is 4.77 Å². The summed E-state index contributed by atoms with van der Waals surface area (Å²) in [5.41, 5.74) is 1.06. The van der Waals surface area contributed by atoms with E-state index >= 15 is 0 Å². The van der Waals surface area contributed by atoms with Crippen molar-refractivity contribution in [3.05, 3.63) is 15.5 Å². The van der Waals surface area contributed by atoms with E-state index in [1.807, 2.05) is 6.92 Å². The van der Waals surface area contributed by atoms with E-state index in [9.17, 15) is 0 Å². The van der Waals surface area contributed by atoms with Crippen molar-refractivity contribution in [3.63, 3.8) is 0 Å². The van der Waals surface area contributed by atoms with E-state index in [-0.39, 0.29) is 0 Å². The van der Waals surface area contributed by atoms with Gasteiger partial charge in [0.05, 0.1) is 15.6 Å². The van der Waals surface area contributed by atoms with Crippen LogP contribution in [0, 0.1) is 11.7 Å². The van der Waals surface area contributed by atoms with Gasteiger partial charge < -0.3 is 0 Å². The van der Waals surface area contributed by atoms with E-state index in [2.05, 4.69) is 33.6 Å². The summed E-state index contributed by atoms with van der Waals surface area (Å²) in [6.07, 6.45) is 4.41. The number of thiazole rings is 1. The fraction of sp³-hybridized carbons (Fsp3) is 0.615. The maximum absolute atomic E-state index is 5.32. The molecule has 0 spiro atoms. The summed E-state index contributed by atoms with van der Waals surface area (Å²) in [7, 11) is 0. The first-order valence-corrected chi connectivity index (χ1v) is 8.01. The van der Waals surface area contributed by atoms with Crippen LogP contribution in [0.25, 0.3) is 10.7 Å². The number of H-pyrrole nitrogens is 1. The number of nitrogens with one attached hydrogen (secondary N) is 1. The van der Waals surface area contributed by atoms with Crippen molar-refractivity contribution in [1.82, 2.24) is 19.7 Å². The van der Waals surface area contributed by atoms with Crippen LogP contribution in [0.5, 0.6) is 0 Å². The molecule has 0 radical (unpaired) electrons. The minimum atomic E-state index is 0.702. The Morgan fingerprint density at radius 1 is 1.32 bits per heavy atom. The molecular formula is C13H20N4S2. The Kier molecular flexibility index (Phi) is 4.87. The van der Waals surface area contributed by atoms with Crippen molar-refractivity contribution in [1.29, 1.82) is 0 Å². The third-order valence-electron chi connectivity index (χ3n) is 3.00. The van der Waals surface area contributed by atoms with Crippen LogP contribution in [0.15, 0.2) is 0 Å². The van der Waals surface area contributed by atoms with Crippen molar-refractivity contribution in [2.45, 2.75) is 53.0 Å². The second-order valence-electron chi connectivity index (χ2n) is 4.63. The molecule has 0 unspecified atom stereocenters. The topological polar surface area (TPSA) is 46.5 Å². The highest BCUT2D eigenvalue weighted by Gasteiger charge is 2.15. The second-order valence-corrected chi connectivity index (χ2v) is 6.10. The summed E-state index contributed by atoms with van der Waals surface area (Å²) in [4.78, 5) is 5.77. The van der Waals surface area contributed by atoms with Crippen molar-refractivity contribution < 1.29 is 0 Å². The Labute approximate surface area is 122 Å². The van der Waals surface area contributed by atoms with Gasteiger partial charge in [-0.25, -0.2) is 4.98 Å². The molecule has 0 bridgehead atoms. The van der Waals surface area contributed by atoms with E-state index in [1.165, 1.54) is 5.01 Å². The minimum Gasteiger partial charge on any atom is -0.299 e. The van der Waals surface area contributed by atoms with Crippen LogP contribution in [0.2, 0.25) is 0 Å². The smallest absolute Gasteiger partial charge is 0.195 e. The van der Waals surface area contributed by atoms with Crippen LogP contribution in [0.1, 0.15) is 43.8 Å². The van der Waals surface area contributed by atoms with E-state index in [1.54, 1.807) is 11.3 Å². The molecule has 2 rings (SSSR count). The Hall–Kier alpha value is -1.01.